The number of thiazole rings is 1. The highest BCUT2D eigenvalue weighted by molar-refractivity contribution is 7.15. The SMILES string of the molecule is CC(=O)O.O=c1c(=Cc2ccc3c(c2)OCO3)sc2nc(-c3ccncc3)nn12. The maximum absolute atomic E-state index is 12.6. The zero-order valence-corrected chi connectivity index (χ0v) is 15.9. The van der Waals surface area contributed by atoms with Gasteiger partial charge < -0.3 is 14.6 Å². The average Bonchev–Trinajstić information content (AvgIpc) is 3.39. The van der Waals surface area contributed by atoms with Gasteiger partial charge in [-0.1, -0.05) is 17.4 Å². The lowest BCUT2D eigenvalue weighted by Crippen LogP contribution is -2.23. The minimum Gasteiger partial charge on any atom is -0.481 e. The van der Waals surface area contributed by atoms with Crippen molar-refractivity contribution in [3.8, 4) is 22.9 Å². The van der Waals surface area contributed by atoms with E-state index in [1.54, 1.807) is 18.5 Å². The summed E-state index contributed by atoms with van der Waals surface area (Å²) in [6.45, 7) is 1.31. The summed E-state index contributed by atoms with van der Waals surface area (Å²) in [6, 6.07) is 9.18. The van der Waals surface area contributed by atoms with Crippen LogP contribution in [0.3, 0.4) is 0 Å². The van der Waals surface area contributed by atoms with Gasteiger partial charge in [-0.2, -0.15) is 9.50 Å². The molecule has 5 rings (SSSR count). The molecule has 0 saturated carbocycles. The van der Waals surface area contributed by atoms with Gasteiger partial charge in [0, 0.05) is 24.9 Å². The topological polar surface area (TPSA) is 116 Å². The van der Waals surface area contributed by atoms with Gasteiger partial charge in [-0.05, 0) is 35.9 Å². The number of fused-ring (bicyclic) bond motifs is 2. The minimum absolute atomic E-state index is 0.189. The van der Waals surface area contributed by atoms with Gasteiger partial charge in [0.2, 0.25) is 11.8 Å². The fraction of sp³-hybridized carbons (Fsp3) is 0.105. The van der Waals surface area contributed by atoms with E-state index in [9.17, 15) is 4.79 Å². The van der Waals surface area contributed by atoms with Gasteiger partial charge in [-0.25, -0.2) is 0 Å². The van der Waals surface area contributed by atoms with Crippen molar-refractivity contribution in [1.29, 1.82) is 0 Å². The van der Waals surface area contributed by atoms with Gasteiger partial charge in [0.05, 0.1) is 4.53 Å². The third-order valence-electron chi connectivity index (χ3n) is 3.81. The fourth-order valence-corrected chi connectivity index (χ4v) is 3.52. The Bertz CT molecular complexity index is 1300. The van der Waals surface area contributed by atoms with Crippen LogP contribution in [0.5, 0.6) is 11.5 Å². The second-order valence-electron chi connectivity index (χ2n) is 5.91. The second-order valence-corrected chi connectivity index (χ2v) is 6.92. The number of carboxylic acids is 1. The Balaban J connectivity index is 0.000000472. The van der Waals surface area contributed by atoms with Gasteiger partial charge in [0.25, 0.3) is 11.5 Å². The highest BCUT2D eigenvalue weighted by Crippen LogP contribution is 2.32. The van der Waals surface area contributed by atoms with Crippen molar-refractivity contribution in [3.63, 3.8) is 0 Å². The number of aromatic nitrogens is 4. The second kappa shape index (κ2) is 7.68. The Labute approximate surface area is 167 Å². The number of carboxylic acid groups (broad SMARTS) is 1. The lowest BCUT2D eigenvalue weighted by molar-refractivity contribution is -0.134. The number of benzene rings is 1. The van der Waals surface area contributed by atoms with Gasteiger partial charge in [-0.3, -0.25) is 14.6 Å². The third kappa shape index (κ3) is 3.92. The Morgan fingerprint density at radius 2 is 1.93 bits per heavy atom. The molecule has 29 heavy (non-hydrogen) atoms. The zero-order valence-electron chi connectivity index (χ0n) is 15.1. The molecule has 3 aromatic heterocycles. The summed E-state index contributed by atoms with van der Waals surface area (Å²) in [5, 5.41) is 11.7. The quantitative estimate of drug-likeness (QED) is 0.530. The number of aliphatic carboxylic acids is 1. The molecule has 10 heteroatoms. The number of hydrogen-bond acceptors (Lipinski definition) is 8. The van der Waals surface area contributed by atoms with Gasteiger partial charge in [0.1, 0.15) is 0 Å². The molecular weight excluding hydrogens is 396 g/mol. The predicted molar refractivity (Wildman–Crippen MR) is 105 cm³/mol. The van der Waals surface area contributed by atoms with Crippen molar-refractivity contribution in [2.45, 2.75) is 6.92 Å². The fourth-order valence-electron chi connectivity index (χ4n) is 2.61. The Morgan fingerprint density at radius 1 is 1.21 bits per heavy atom. The van der Waals surface area contributed by atoms with Crippen molar-refractivity contribution in [2.75, 3.05) is 6.79 Å². The first-order valence-corrected chi connectivity index (χ1v) is 9.24. The normalized spacial score (nSPS) is 12.7. The molecule has 146 valence electrons. The lowest BCUT2D eigenvalue weighted by atomic mass is 10.2. The summed E-state index contributed by atoms with van der Waals surface area (Å²) in [5.74, 6) is 1.07. The molecule has 0 radical (unpaired) electrons. The molecule has 1 aliphatic rings. The lowest BCUT2D eigenvalue weighted by Gasteiger charge is -1.96. The maximum Gasteiger partial charge on any atom is 0.300 e. The maximum atomic E-state index is 12.6. The van der Waals surface area contributed by atoms with E-state index in [1.807, 2.05) is 30.3 Å². The first-order valence-electron chi connectivity index (χ1n) is 8.42. The summed E-state index contributed by atoms with van der Waals surface area (Å²) in [7, 11) is 0. The van der Waals surface area contributed by atoms with Crippen molar-refractivity contribution in [1.82, 2.24) is 19.6 Å². The van der Waals surface area contributed by atoms with Gasteiger partial charge in [0.15, 0.2) is 17.3 Å². The standard InChI is InChI=1S/C17H10N4O3S.C2H4O2/c22-16-14(8-10-1-2-12-13(7-10)24-9-23-12)25-17-19-15(20-21(16)17)11-3-5-18-6-4-11;1-2(3)4/h1-8H,9H2;1H3,(H,3,4). The molecule has 4 aromatic rings. The Hall–Kier alpha value is -3.79. The van der Waals surface area contributed by atoms with Gasteiger partial charge in [-0.15, -0.1) is 5.10 Å². The summed E-state index contributed by atoms with van der Waals surface area (Å²) < 4.78 is 12.6. The third-order valence-corrected chi connectivity index (χ3v) is 4.77. The van der Waals surface area contributed by atoms with Gasteiger partial charge >= 0.3 is 0 Å². The number of nitrogens with zero attached hydrogens (tertiary/aromatic N) is 4. The van der Waals surface area contributed by atoms with Crippen LogP contribution in [0, 0.1) is 0 Å². The van der Waals surface area contributed by atoms with Crippen LogP contribution in [0.25, 0.3) is 22.4 Å². The first-order chi connectivity index (χ1) is 14.0. The van der Waals surface area contributed by atoms with Crippen LogP contribution < -0.4 is 19.6 Å². The van der Waals surface area contributed by atoms with Crippen LogP contribution in [0.2, 0.25) is 0 Å². The van der Waals surface area contributed by atoms with Crippen LogP contribution in [-0.4, -0.2) is 37.5 Å². The van der Waals surface area contributed by atoms with E-state index in [4.69, 9.17) is 19.4 Å². The summed E-state index contributed by atoms with van der Waals surface area (Å²) >= 11 is 1.30. The van der Waals surface area contributed by atoms with Crippen molar-refractivity contribution in [3.05, 3.63) is 63.2 Å². The molecule has 0 amide bonds. The number of hydrogen-bond donors (Lipinski definition) is 1. The predicted octanol–water partition coefficient (Wildman–Crippen LogP) is 1.58. The number of carbonyl (C=O) groups is 1. The van der Waals surface area contributed by atoms with Crippen LogP contribution in [-0.2, 0) is 4.79 Å². The highest BCUT2D eigenvalue weighted by Gasteiger charge is 2.14. The van der Waals surface area contributed by atoms with E-state index in [0.717, 1.165) is 18.1 Å². The number of pyridine rings is 1. The molecule has 0 aliphatic carbocycles. The zero-order chi connectivity index (χ0) is 20.4. The molecule has 0 bridgehead atoms. The van der Waals surface area contributed by atoms with E-state index in [2.05, 4.69) is 15.1 Å². The smallest absolute Gasteiger partial charge is 0.300 e. The number of ether oxygens (including phenoxy) is 2. The van der Waals surface area contributed by atoms with E-state index in [-0.39, 0.29) is 12.4 Å². The molecule has 9 nitrogen and oxygen atoms in total. The summed E-state index contributed by atoms with van der Waals surface area (Å²) in [6.07, 6.45) is 5.14. The molecule has 0 atom stereocenters. The van der Waals surface area contributed by atoms with E-state index < -0.39 is 5.97 Å². The highest BCUT2D eigenvalue weighted by atomic mass is 32.1. The average molecular weight is 410 g/mol. The molecule has 1 aromatic carbocycles. The molecule has 0 fully saturated rings. The molecular formula is C19H14N4O5S. The summed E-state index contributed by atoms with van der Waals surface area (Å²) in [4.78, 5) is 30.6. The van der Waals surface area contributed by atoms with Crippen molar-refractivity contribution < 1.29 is 19.4 Å². The van der Waals surface area contributed by atoms with Crippen LogP contribution in [0.1, 0.15) is 12.5 Å². The molecule has 0 unspecified atom stereocenters. The number of rotatable bonds is 2. The van der Waals surface area contributed by atoms with Crippen LogP contribution >= 0.6 is 11.3 Å². The molecule has 0 spiro atoms. The van der Waals surface area contributed by atoms with E-state index >= 15 is 0 Å². The van der Waals surface area contributed by atoms with E-state index in [1.165, 1.54) is 15.9 Å². The largest absolute Gasteiger partial charge is 0.481 e. The van der Waals surface area contributed by atoms with E-state index in [0.29, 0.717) is 26.8 Å². The van der Waals surface area contributed by atoms with Crippen molar-refractivity contribution in [2.24, 2.45) is 0 Å². The minimum atomic E-state index is -0.833. The molecule has 0 saturated heterocycles. The first kappa shape index (κ1) is 18.6. The Morgan fingerprint density at radius 3 is 2.66 bits per heavy atom. The monoisotopic (exact) mass is 410 g/mol. The summed E-state index contributed by atoms with van der Waals surface area (Å²) in [5.41, 5.74) is 1.50. The Kier molecular flexibility index (Phi) is 4.92. The molecule has 1 N–H and O–H groups in total. The molecule has 1 aliphatic heterocycles. The van der Waals surface area contributed by atoms with Crippen LogP contribution in [0.4, 0.5) is 0 Å². The van der Waals surface area contributed by atoms with Crippen LogP contribution in [0.15, 0.2) is 47.5 Å². The molecule has 4 heterocycles. The van der Waals surface area contributed by atoms with Crippen molar-refractivity contribution >= 4 is 28.3 Å².